The molecule has 0 radical (unpaired) electrons. The largest absolute Gasteiger partial charge is 0.346 e. The molecule has 2 nitrogen and oxygen atoms in total. The summed E-state index contributed by atoms with van der Waals surface area (Å²) in [6, 6.07) is 9.92. The van der Waals surface area contributed by atoms with E-state index < -0.39 is 0 Å². The van der Waals surface area contributed by atoms with Gasteiger partial charge in [-0.2, -0.15) is 0 Å². The summed E-state index contributed by atoms with van der Waals surface area (Å²) in [6.45, 7) is 0. The number of nitrogens with one attached hydrogen (secondary N) is 1. The molecule has 1 aliphatic carbocycles. The van der Waals surface area contributed by atoms with E-state index in [1.165, 1.54) is 31.4 Å². The molecule has 0 spiro atoms. The van der Waals surface area contributed by atoms with E-state index in [0.29, 0.717) is 10.6 Å². The first-order chi connectivity index (χ1) is 10.2. The number of hydrogen-bond acceptors (Lipinski definition) is 3. The van der Waals surface area contributed by atoms with Gasteiger partial charge in [0, 0.05) is 15.6 Å². The van der Waals surface area contributed by atoms with Crippen molar-refractivity contribution in [3.63, 3.8) is 0 Å². The molecule has 5 heteroatoms. The van der Waals surface area contributed by atoms with Crippen LogP contribution in [0.15, 0.2) is 35.2 Å². The Hall–Kier alpha value is -0.840. The van der Waals surface area contributed by atoms with Crippen LogP contribution in [0.5, 0.6) is 0 Å². The van der Waals surface area contributed by atoms with E-state index in [-0.39, 0.29) is 0 Å². The number of halogens is 1. The Bertz CT molecular complexity index is 678. The van der Waals surface area contributed by atoms with Crippen LogP contribution in [0.3, 0.4) is 0 Å². The quantitative estimate of drug-likeness (QED) is 0.570. The van der Waals surface area contributed by atoms with Gasteiger partial charge in [-0.3, -0.25) is 0 Å². The predicted octanol–water partition coefficient (Wildman–Crippen LogP) is 5.74. The Kier molecular flexibility index (Phi) is 4.99. The number of aromatic amines is 1. The maximum Gasteiger partial charge on any atom is 0.130 e. The van der Waals surface area contributed by atoms with Crippen LogP contribution in [-0.4, -0.2) is 9.97 Å². The van der Waals surface area contributed by atoms with Crippen molar-refractivity contribution in [2.24, 2.45) is 0 Å². The molecule has 1 aromatic heterocycles. The monoisotopic (exact) mass is 336 g/mol. The summed E-state index contributed by atoms with van der Waals surface area (Å²) >= 11 is 13.0. The Labute approximate surface area is 139 Å². The molecule has 0 unspecified atom stereocenters. The second-order valence-electron chi connectivity index (χ2n) is 5.35. The minimum Gasteiger partial charge on any atom is -0.346 e. The molecule has 0 aliphatic heterocycles. The first-order valence-electron chi connectivity index (χ1n) is 7.19. The number of H-pyrrole nitrogens is 1. The minimum atomic E-state index is 0.629. The molecule has 1 saturated carbocycles. The number of aromatic nitrogens is 2. The van der Waals surface area contributed by atoms with Crippen molar-refractivity contribution in [1.29, 1.82) is 0 Å². The summed E-state index contributed by atoms with van der Waals surface area (Å²) < 4.78 is 0.692. The molecule has 21 heavy (non-hydrogen) atoms. The number of hydrogen-bond donors (Lipinski definition) is 1. The predicted molar refractivity (Wildman–Crippen MR) is 91.6 cm³/mol. The average Bonchev–Trinajstić information content (AvgIpc) is 2.99. The molecule has 1 N–H and O–H groups in total. The Morgan fingerprint density at radius 3 is 2.86 bits per heavy atom. The minimum absolute atomic E-state index is 0.629. The van der Waals surface area contributed by atoms with Gasteiger partial charge in [0.1, 0.15) is 10.5 Å². The van der Waals surface area contributed by atoms with Gasteiger partial charge in [-0.25, -0.2) is 4.98 Å². The van der Waals surface area contributed by atoms with Crippen molar-refractivity contribution in [3.05, 3.63) is 51.5 Å². The molecule has 110 valence electrons. The topological polar surface area (TPSA) is 28.7 Å². The SMILES string of the molecule is S=c1cc(C2CCCC2)[nH]c(CSc2cccc(Cl)c2)n1. The Morgan fingerprint density at radius 1 is 1.29 bits per heavy atom. The van der Waals surface area contributed by atoms with Crippen LogP contribution in [0.25, 0.3) is 0 Å². The molecular formula is C16H17ClN2S2. The lowest BCUT2D eigenvalue weighted by Gasteiger charge is -2.11. The fourth-order valence-electron chi connectivity index (χ4n) is 2.76. The normalized spacial score (nSPS) is 15.5. The van der Waals surface area contributed by atoms with E-state index >= 15 is 0 Å². The number of rotatable bonds is 4. The van der Waals surface area contributed by atoms with Gasteiger partial charge in [0.15, 0.2) is 0 Å². The highest BCUT2D eigenvalue weighted by Crippen LogP contribution is 2.33. The first kappa shape index (κ1) is 15.1. The van der Waals surface area contributed by atoms with E-state index in [1.807, 2.05) is 24.3 Å². The smallest absolute Gasteiger partial charge is 0.130 e. The molecule has 0 bridgehead atoms. The second-order valence-corrected chi connectivity index (χ2v) is 7.25. The molecule has 1 aliphatic rings. The van der Waals surface area contributed by atoms with Crippen molar-refractivity contribution in [2.75, 3.05) is 0 Å². The molecule has 1 fully saturated rings. The molecule has 2 aromatic rings. The third-order valence-electron chi connectivity index (χ3n) is 3.78. The van der Waals surface area contributed by atoms with Gasteiger partial charge >= 0.3 is 0 Å². The zero-order chi connectivity index (χ0) is 14.7. The lowest BCUT2D eigenvalue weighted by Crippen LogP contribution is -2.02. The zero-order valence-electron chi connectivity index (χ0n) is 11.6. The lowest BCUT2D eigenvalue weighted by molar-refractivity contribution is 0.687. The van der Waals surface area contributed by atoms with Crippen molar-refractivity contribution in [2.45, 2.75) is 42.2 Å². The van der Waals surface area contributed by atoms with Gasteiger partial charge in [0.25, 0.3) is 0 Å². The van der Waals surface area contributed by atoms with Crippen molar-refractivity contribution in [3.8, 4) is 0 Å². The van der Waals surface area contributed by atoms with E-state index in [4.69, 9.17) is 23.8 Å². The number of thioether (sulfide) groups is 1. The van der Waals surface area contributed by atoms with Crippen molar-refractivity contribution >= 4 is 35.6 Å². The first-order valence-corrected chi connectivity index (χ1v) is 8.96. The van der Waals surface area contributed by atoms with Crippen LogP contribution in [0, 0.1) is 4.64 Å². The van der Waals surface area contributed by atoms with Gasteiger partial charge in [-0.15, -0.1) is 11.8 Å². The fraction of sp³-hybridized carbons (Fsp3) is 0.375. The van der Waals surface area contributed by atoms with Crippen LogP contribution < -0.4 is 0 Å². The molecule has 0 saturated heterocycles. The van der Waals surface area contributed by atoms with Crippen molar-refractivity contribution < 1.29 is 0 Å². The van der Waals surface area contributed by atoms with Crippen LogP contribution in [-0.2, 0) is 5.75 Å². The van der Waals surface area contributed by atoms with Crippen LogP contribution in [0.4, 0.5) is 0 Å². The third-order valence-corrected chi connectivity index (χ3v) is 5.23. The van der Waals surface area contributed by atoms with Gasteiger partial charge in [0.05, 0.1) is 5.75 Å². The molecule has 3 rings (SSSR count). The maximum atomic E-state index is 6.01. The fourth-order valence-corrected chi connectivity index (χ4v) is 4.08. The summed E-state index contributed by atoms with van der Waals surface area (Å²) in [4.78, 5) is 9.08. The summed E-state index contributed by atoms with van der Waals surface area (Å²) in [6.07, 6.45) is 5.16. The highest BCUT2D eigenvalue weighted by atomic mass is 35.5. The van der Waals surface area contributed by atoms with Gasteiger partial charge in [-0.1, -0.05) is 42.7 Å². The van der Waals surface area contributed by atoms with Crippen molar-refractivity contribution in [1.82, 2.24) is 9.97 Å². The standard InChI is InChI=1S/C16H17ClN2S2/c17-12-6-3-7-13(8-12)21-10-15-18-14(9-16(20)19-15)11-4-1-2-5-11/h3,6-9,11H,1-2,4-5,10H2,(H,18,19,20). The maximum absolute atomic E-state index is 6.01. The zero-order valence-corrected chi connectivity index (χ0v) is 14.0. The lowest BCUT2D eigenvalue weighted by atomic mass is 10.0. The average molecular weight is 337 g/mol. The highest BCUT2D eigenvalue weighted by Gasteiger charge is 2.18. The molecule has 1 aromatic carbocycles. The van der Waals surface area contributed by atoms with Gasteiger partial charge in [-0.05, 0) is 43.0 Å². The van der Waals surface area contributed by atoms with E-state index in [2.05, 4.69) is 16.0 Å². The van der Waals surface area contributed by atoms with Crippen LogP contribution in [0.1, 0.15) is 43.1 Å². The van der Waals surface area contributed by atoms with Crippen LogP contribution in [0.2, 0.25) is 5.02 Å². The van der Waals surface area contributed by atoms with Gasteiger partial charge < -0.3 is 4.98 Å². The molecule has 1 heterocycles. The second kappa shape index (κ2) is 6.95. The third kappa shape index (κ3) is 4.09. The summed E-state index contributed by atoms with van der Waals surface area (Å²) in [5.74, 6) is 2.36. The summed E-state index contributed by atoms with van der Waals surface area (Å²) in [5.41, 5.74) is 1.26. The molecular weight excluding hydrogens is 320 g/mol. The molecule has 0 atom stereocenters. The molecule has 0 amide bonds. The highest BCUT2D eigenvalue weighted by molar-refractivity contribution is 7.98. The van der Waals surface area contributed by atoms with E-state index in [1.54, 1.807) is 11.8 Å². The van der Waals surface area contributed by atoms with Gasteiger partial charge in [0.2, 0.25) is 0 Å². The summed E-state index contributed by atoms with van der Waals surface area (Å²) in [7, 11) is 0. The van der Waals surface area contributed by atoms with Crippen LogP contribution >= 0.6 is 35.6 Å². The Balaban J connectivity index is 1.74. The van der Waals surface area contributed by atoms with E-state index in [9.17, 15) is 0 Å². The Morgan fingerprint density at radius 2 is 2.10 bits per heavy atom. The van der Waals surface area contributed by atoms with E-state index in [0.717, 1.165) is 21.5 Å². The number of benzene rings is 1. The summed E-state index contributed by atoms with van der Waals surface area (Å²) in [5, 5.41) is 0.764. The number of nitrogens with zero attached hydrogens (tertiary/aromatic N) is 1.